The molecule has 0 spiro atoms. The van der Waals surface area contributed by atoms with Crippen molar-refractivity contribution in [3.8, 4) is 0 Å². The molecule has 114 valence electrons. The summed E-state index contributed by atoms with van der Waals surface area (Å²) in [6.07, 6.45) is 0.344. The molecule has 0 radical (unpaired) electrons. The van der Waals surface area contributed by atoms with Gasteiger partial charge in [0.2, 0.25) is 5.91 Å². The number of nitrogens with zero attached hydrogens (tertiary/aromatic N) is 1. The van der Waals surface area contributed by atoms with Crippen molar-refractivity contribution in [3.05, 3.63) is 96.6 Å². The lowest BCUT2D eigenvalue weighted by Crippen LogP contribution is -2.39. The minimum Gasteiger partial charge on any atom is -0.273 e. The lowest BCUT2D eigenvalue weighted by Gasteiger charge is -2.25. The van der Waals surface area contributed by atoms with Crippen LogP contribution in [-0.4, -0.2) is 5.91 Å². The highest BCUT2D eigenvalue weighted by atomic mass is 16.2. The van der Waals surface area contributed by atoms with Crippen molar-refractivity contribution in [2.24, 2.45) is 0 Å². The van der Waals surface area contributed by atoms with Crippen molar-refractivity contribution in [2.75, 3.05) is 5.01 Å². The average molecular weight is 302 g/mol. The van der Waals surface area contributed by atoms with Crippen molar-refractivity contribution >= 4 is 17.3 Å². The van der Waals surface area contributed by atoms with E-state index in [-0.39, 0.29) is 5.91 Å². The lowest BCUT2D eigenvalue weighted by molar-refractivity contribution is -0.120. The molecule has 3 heteroatoms. The first kappa shape index (κ1) is 14.9. The van der Waals surface area contributed by atoms with E-state index in [0.717, 1.165) is 16.9 Å². The monoisotopic (exact) mass is 302 g/mol. The van der Waals surface area contributed by atoms with E-state index in [9.17, 15) is 4.79 Å². The minimum atomic E-state index is -0.0519. The first-order chi connectivity index (χ1) is 11.3. The molecule has 3 nitrogen and oxygen atoms in total. The third-order valence-electron chi connectivity index (χ3n) is 3.47. The maximum Gasteiger partial charge on any atom is 0.243 e. The van der Waals surface area contributed by atoms with E-state index in [1.807, 2.05) is 96.0 Å². The Hall–Kier alpha value is -3.07. The Bertz CT molecular complexity index is 703. The van der Waals surface area contributed by atoms with Gasteiger partial charge in [-0.25, -0.2) is 0 Å². The smallest absolute Gasteiger partial charge is 0.243 e. The summed E-state index contributed by atoms with van der Waals surface area (Å²) >= 11 is 0. The van der Waals surface area contributed by atoms with Crippen molar-refractivity contribution in [1.82, 2.24) is 5.43 Å². The molecule has 0 aromatic heterocycles. The van der Waals surface area contributed by atoms with E-state index in [1.165, 1.54) is 0 Å². The summed E-state index contributed by atoms with van der Waals surface area (Å²) in [4.78, 5) is 12.4. The zero-order chi connectivity index (χ0) is 15.9. The Balaban J connectivity index is 1.81. The Morgan fingerprint density at radius 3 is 1.61 bits per heavy atom. The molecule has 0 atom stereocenters. The first-order valence-electron chi connectivity index (χ1n) is 7.56. The second-order valence-corrected chi connectivity index (χ2v) is 5.20. The van der Waals surface area contributed by atoms with E-state index >= 15 is 0 Å². The van der Waals surface area contributed by atoms with Crippen LogP contribution in [0.25, 0.3) is 0 Å². The van der Waals surface area contributed by atoms with Crippen LogP contribution in [0, 0.1) is 0 Å². The third-order valence-corrected chi connectivity index (χ3v) is 3.47. The molecule has 1 amide bonds. The molecule has 0 aliphatic carbocycles. The van der Waals surface area contributed by atoms with Gasteiger partial charge in [0.15, 0.2) is 0 Å². The van der Waals surface area contributed by atoms with Gasteiger partial charge in [-0.3, -0.25) is 15.2 Å². The molecule has 23 heavy (non-hydrogen) atoms. The number of hydrogen-bond donors (Lipinski definition) is 1. The fraction of sp³-hybridized carbons (Fsp3) is 0.0500. The molecule has 0 saturated carbocycles. The highest BCUT2D eigenvalue weighted by molar-refractivity contribution is 5.82. The number of hydrazine groups is 1. The van der Waals surface area contributed by atoms with Gasteiger partial charge in [0.25, 0.3) is 0 Å². The number of carbonyl (C=O) groups is 1. The van der Waals surface area contributed by atoms with Gasteiger partial charge >= 0.3 is 0 Å². The quantitative estimate of drug-likeness (QED) is 0.720. The summed E-state index contributed by atoms with van der Waals surface area (Å²) in [5, 5.41) is 1.81. The van der Waals surface area contributed by atoms with Crippen LogP contribution in [0.5, 0.6) is 0 Å². The van der Waals surface area contributed by atoms with E-state index in [1.54, 1.807) is 0 Å². The summed E-state index contributed by atoms with van der Waals surface area (Å²) in [6.45, 7) is 0. The standard InChI is InChI=1S/C20H18N2O/c23-20(16-17-10-4-1-5-11-17)21-22(18-12-6-2-7-13-18)19-14-8-3-9-15-19/h1-15H,16H2,(H,21,23). The Morgan fingerprint density at radius 1 is 0.696 bits per heavy atom. The van der Waals surface area contributed by atoms with Crippen LogP contribution in [0.3, 0.4) is 0 Å². The largest absolute Gasteiger partial charge is 0.273 e. The molecule has 0 saturated heterocycles. The molecular formula is C20H18N2O. The highest BCUT2D eigenvalue weighted by Gasteiger charge is 2.12. The minimum absolute atomic E-state index is 0.0519. The molecule has 0 bridgehead atoms. The van der Waals surface area contributed by atoms with Crippen LogP contribution in [0.2, 0.25) is 0 Å². The second-order valence-electron chi connectivity index (χ2n) is 5.20. The number of nitrogens with one attached hydrogen (secondary N) is 1. The topological polar surface area (TPSA) is 32.3 Å². The lowest BCUT2D eigenvalue weighted by atomic mass is 10.1. The number of carbonyl (C=O) groups excluding carboxylic acids is 1. The maximum atomic E-state index is 12.4. The van der Waals surface area contributed by atoms with Gasteiger partial charge in [0.1, 0.15) is 0 Å². The molecule has 3 aromatic carbocycles. The van der Waals surface area contributed by atoms with Gasteiger partial charge in [-0.1, -0.05) is 66.7 Å². The van der Waals surface area contributed by atoms with E-state index in [4.69, 9.17) is 0 Å². The second kappa shape index (κ2) is 7.27. The van der Waals surface area contributed by atoms with Crippen molar-refractivity contribution < 1.29 is 4.79 Å². The first-order valence-corrected chi connectivity index (χ1v) is 7.56. The fourth-order valence-corrected chi connectivity index (χ4v) is 2.38. The number of rotatable bonds is 5. The molecule has 0 unspecified atom stereocenters. The number of hydrogen-bond acceptors (Lipinski definition) is 2. The van der Waals surface area contributed by atoms with E-state index in [0.29, 0.717) is 6.42 Å². The summed E-state index contributed by atoms with van der Waals surface area (Å²) in [5.74, 6) is -0.0519. The van der Waals surface area contributed by atoms with E-state index < -0.39 is 0 Å². The molecule has 0 aliphatic rings. The van der Waals surface area contributed by atoms with Crippen LogP contribution in [0.15, 0.2) is 91.0 Å². The molecule has 0 aliphatic heterocycles. The van der Waals surface area contributed by atoms with Crippen LogP contribution in [0.1, 0.15) is 5.56 Å². The number of para-hydroxylation sites is 2. The van der Waals surface area contributed by atoms with E-state index in [2.05, 4.69) is 5.43 Å². The number of benzene rings is 3. The molecule has 3 rings (SSSR count). The Labute approximate surface area is 136 Å². The van der Waals surface area contributed by atoms with Gasteiger partial charge in [0, 0.05) is 0 Å². The van der Waals surface area contributed by atoms with Crippen LogP contribution in [-0.2, 0) is 11.2 Å². The average Bonchev–Trinajstić information content (AvgIpc) is 2.62. The molecular weight excluding hydrogens is 284 g/mol. The Kier molecular flexibility index (Phi) is 4.69. The van der Waals surface area contributed by atoms with Crippen molar-refractivity contribution in [3.63, 3.8) is 0 Å². The van der Waals surface area contributed by atoms with Crippen LogP contribution >= 0.6 is 0 Å². The molecule has 3 aromatic rings. The Morgan fingerprint density at radius 2 is 1.13 bits per heavy atom. The predicted molar refractivity (Wildman–Crippen MR) is 93.3 cm³/mol. The fourth-order valence-electron chi connectivity index (χ4n) is 2.38. The summed E-state index contributed by atoms with van der Waals surface area (Å²) in [7, 11) is 0. The van der Waals surface area contributed by atoms with Gasteiger partial charge < -0.3 is 0 Å². The predicted octanol–water partition coefficient (Wildman–Crippen LogP) is 4.10. The van der Waals surface area contributed by atoms with Gasteiger partial charge in [0.05, 0.1) is 17.8 Å². The van der Waals surface area contributed by atoms with Gasteiger partial charge in [-0.15, -0.1) is 0 Å². The van der Waals surface area contributed by atoms with Gasteiger partial charge in [-0.2, -0.15) is 0 Å². The third kappa shape index (κ3) is 3.98. The number of anilines is 2. The van der Waals surface area contributed by atoms with Crippen LogP contribution in [0.4, 0.5) is 11.4 Å². The summed E-state index contributed by atoms with van der Waals surface area (Å²) in [6, 6.07) is 29.3. The zero-order valence-corrected chi connectivity index (χ0v) is 12.7. The summed E-state index contributed by atoms with van der Waals surface area (Å²) in [5.41, 5.74) is 5.82. The van der Waals surface area contributed by atoms with Gasteiger partial charge in [-0.05, 0) is 29.8 Å². The van der Waals surface area contributed by atoms with Crippen LogP contribution < -0.4 is 10.4 Å². The van der Waals surface area contributed by atoms with Crippen molar-refractivity contribution in [2.45, 2.75) is 6.42 Å². The highest BCUT2D eigenvalue weighted by Crippen LogP contribution is 2.22. The number of amides is 1. The normalized spacial score (nSPS) is 10.1. The molecule has 0 heterocycles. The SMILES string of the molecule is O=C(Cc1ccccc1)NN(c1ccccc1)c1ccccc1. The summed E-state index contributed by atoms with van der Waals surface area (Å²) < 4.78 is 0. The molecule has 1 N–H and O–H groups in total. The zero-order valence-electron chi connectivity index (χ0n) is 12.7. The van der Waals surface area contributed by atoms with Crippen molar-refractivity contribution in [1.29, 1.82) is 0 Å². The maximum absolute atomic E-state index is 12.4. The molecule has 0 fully saturated rings.